The zero-order valence-corrected chi connectivity index (χ0v) is 44.5. The molecule has 0 aromatic rings. The molecule has 8 nitrogen and oxygen atoms in total. The third-order valence-corrected chi connectivity index (χ3v) is 12.5. The number of quaternary nitrogens is 1. The summed E-state index contributed by atoms with van der Waals surface area (Å²) in [6, 6.07) is 0. The number of nitrogens with zero attached hydrogens (tertiary/aromatic N) is 1. The summed E-state index contributed by atoms with van der Waals surface area (Å²) < 4.78 is 34.8. The van der Waals surface area contributed by atoms with E-state index < -0.39 is 13.9 Å². The van der Waals surface area contributed by atoms with E-state index in [4.69, 9.17) is 18.5 Å². The molecule has 0 radical (unpaired) electrons. The molecule has 2 atom stereocenters. The van der Waals surface area contributed by atoms with Crippen LogP contribution in [0.5, 0.6) is 0 Å². The smallest absolute Gasteiger partial charge is 0.306 e. The van der Waals surface area contributed by atoms with Crippen molar-refractivity contribution in [2.45, 2.75) is 232 Å². The quantitative estimate of drug-likeness (QED) is 0.0197. The van der Waals surface area contributed by atoms with Crippen LogP contribution in [0.2, 0.25) is 0 Å². The summed E-state index contributed by atoms with van der Waals surface area (Å²) in [5, 5.41) is 0. The molecule has 0 bridgehead atoms. The lowest BCUT2D eigenvalue weighted by atomic mass is 10.1. The van der Waals surface area contributed by atoms with E-state index in [1.54, 1.807) is 0 Å². The zero-order chi connectivity index (χ0) is 48.3. The minimum Gasteiger partial charge on any atom is -0.756 e. The van der Waals surface area contributed by atoms with Crippen LogP contribution in [-0.4, -0.2) is 70.7 Å². The van der Waals surface area contributed by atoms with E-state index in [1.807, 2.05) is 21.1 Å². The molecule has 9 heteroatoms. The minimum atomic E-state index is -4.54. The number of phosphoric acid groups is 1. The Bertz CT molecular complexity index is 1280. The van der Waals surface area contributed by atoms with Crippen LogP contribution in [0.4, 0.5) is 0 Å². The normalized spacial score (nSPS) is 14.1. The first-order chi connectivity index (χ1) is 32.1. The summed E-state index contributed by atoms with van der Waals surface area (Å²) in [6.07, 6.45) is 65.0. The number of allylic oxidation sites excluding steroid dienone is 12. The molecule has 0 rings (SSSR count). The van der Waals surface area contributed by atoms with Gasteiger partial charge in [-0.1, -0.05) is 209 Å². The summed E-state index contributed by atoms with van der Waals surface area (Å²) in [5.74, 6) is -0.342. The van der Waals surface area contributed by atoms with Gasteiger partial charge in [0.2, 0.25) is 0 Å². The van der Waals surface area contributed by atoms with Crippen LogP contribution in [-0.2, 0) is 27.9 Å². The maximum atomic E-state index is 12.8. The van der Waals surface area contributed by atoms with Gasteiger partial charge in [-0.05, 0) is 83.5 Å². The summed E-state index contributed by atoms with van der Waals surface area (Å²) in [7, 11) is 1.35. The second-order valence-corrected chi connectivity index (χ2v) is 20.6. The summed E-state index contributed by atoms with van der Waals surface area (Å²) in [6.45, 7) is 5.30. The van der Waals surface area contributed by atoms with Crippen LogP contribution in [0.1, 0.15) is 226 Å². The highest BCUT2D eigenvalue weighted by atomic mass is 31.2. The third-order valence-electron chi connectivity index (χ3n) is 11.5. The van der Waals surface area contributed by atoms with Crippen molar-refractivity contribution in [3.63, 3.8) is 0 Å². The molecule has 0 heterocycles. The van der Waals surface area contributed by atoms with E-state index in [-0.39, 0.29) is 25.8 Å². The number of ether oxygens (including phenoxy) is 2. The molecule has 0 aromatic heterocycles. The van der Waals surface area contributed by atoms with Crippen molar-refractivity contribution in [3.05, 3.63) is 72.9 Å². The number of unbranched alkanes of at least 4 members (excludes halogenated alkanes) is 24. The van der Waals surface area contributed by atoms with E-state index in [0.717, 1.165) is 70.6 Å². The van der Waals surface area contributed by atoms with Crippen LogP contribution in [0.15, 0.2) is 72.9 Å². The minimum absolute atomic E-state index is 0.0216. The Kier molecular flexibility index (Phi) is 47.8. The first-order valence-corrected chi connectivity index (χ1v) is 28.6. The van der Waals surface area contributed by atoms with Crippen molar-refractivity contribution < 1.29 is 37.3 Å². The Labute approximate surface area is 408 Å². The fraction of sp³-hybridized carbons (Fsp3) is 0.772. The number of phosphoric ester groups is 1. The monoisotopic (exact) mass is 946 g/mol. The van der Waals surface area contributed by atoms with Crippen LogP contribution in [0, 0.1) is 0 Å². The molecule has 0 saturated carbocycles. The summed E-state index contributed by atoms with van der Waals surface area (Å²) >= 11 is 0. The molecular weight excluding hydrogens is 842 g/mol. The fourth-order valence-corrected chi connectivity index (χ4v) is 8.06. The van der Waals surface area contributed by atoms with E-state index in [0.29, 0.717) is 24.1 Å². The Morgan fingerprint density at radius 3 is 1.33 bits per heavy atom. The van der Waals surface area contributed by atoms with Gasteiger partial charge in [-0.3, -0.25) is 9.36 Å². The average molecular weight is 946 g/mol. The Hall–Kier alpha value is -2.06. The van der Waals surface area contributed by atoms with E-state index in [9.17, 15) is 14.3 Å². The first kappa shape index (κ1) is 63.9. The highest BCUT2D eigenvalue weighted by Crippen LogP contribution is 2.38. The molecule has 0 saturated heterocycles. The van der Waals surface area contributed by atoms with Gasteiger partial charge in [0.15, 0.2) is 0 Å². The predicted octanol–water partition coefficient (Wildman–Crippen LogP) is 16.4. The van der Waals surface area contributed by atoms with Gasteiger partial charge < -0.3 is 27.9 Å². The number of hydrogen-bond acceptors (Lipinski definition) is 7. The molecule has 0 aliphatic rings. The van der Waals surface area contributed by atoms with Crippen molar-refractivity contribution in [3.8, 4) is 0 Å². The van der Waals surface area contributed by atoms with Crippen molar-refractivity contribution in [2.75, 3.05) is 54.1 Å². The van der Waals surface area contributed by atoms with Crippen LogP contribution < -0.4 is 4.89 Å². The van der Waals surface area contributed by atoms with Gasteiger partial charge in [-0.2, -0.15) is 0 Å². The number of esters is 1. The lowest BCUT2D eigenvalue weighted by molar-refractivity contribution is -0.870. The summed E-state index contributed by atoms with van der Waals surface area (Å²) in [5.41, 5.74) is 0. The van der Waals surface area contributed by atoms with Gasteiger partial charge in [0.1, 0.15) is 19.3 Å². The average Bonchev–Trinajstić information content (AvgIpc) is 3.28. The van der Waals surface area contributed by atoms with E-state index >= 15 is 0 Å². The molecule has 0 spiro atoms. The third kappa shape index (κ3) is 52.9. The maximum Gasteiger partial charge on any atom is 0.306 e. The second-order valence-electron chi connectivity index (χ2n) is 19.2. The highest BCUT2D eigenvalue weighted by Gasteiger charge is 2.20. The van der Waals surface area contributed by atoms with Crippen molar-refractivity contribution in [1.82, 2.24) is 0 Å². The van der Waals surface area contributed by atoms with Gasteiger partial charge in [-0.25, -0.2) is 0 Å². The highest BCUT2D eigenvalue weighted by molar-refractivity contribution is 7.45. The SMILES string of the molecule is CC/C=C\C/C=C\C/C=C\C/C=C\C/C=C\CCCCCCCCCCCC(=O)OC(COCCCCCCCCCC/C=C\CCCCCCCCC)COP(=O)([O-])OCC[N+](C)(C)C. The van der Waals surface area contributed by atoms with Crippen molar-refractivity contribution >= 4 is 13.8 Å². The second kappa shape index (κ2) is 49.4. The van der Waals surface area contributed by atoms with Crippen LogP contribution in [0.25, 0.3) is 0 Å². The van der Waals surface area contributed by atoms with Gasteiger partial charge >= 0.3 is 5.97 Å². The largest absolute Gasteiger partial charge is 0.756 e. The van der Waals surface area contributed by atoms with Gasteiger partial charge in [0.25, 0.3) is 7.82 Å². The molecule has 0 fully saturated rings. The van der Waals surface area contributed by atoms with Gasteiger partial charge in [0.05, 0.1) is 34.4 Å². The topological polar surface area (TPSA) is 94.1 Å². The van der Waals surface area contributed by atoms with Crippen LogP contribution >= 0.6 is 7.82 Å². The van der Waals surface area contributed by atoms with E-state index in [1.165, 1.54) is 135 Å². The van der Waals surface area contributed by atoms with Gasteiger partial charge in [0, 0.05) is 13.0 Å². The maximum absolute atomic E-state index is 12.8. The Morgan fingerprint density at radius 2 is 0.879 bits per heavy atom. The predicted molar refractivity (Wildman–Crippen MR) is 282 cm³/mol. The van der Waals surface area contributed by atoms with Crippen LogP contribution in [0.3, 0.4) is 0 Å². The number of carbonyl (C=O) groups excluding carboxylic acids is 1. The fourth-order valence-electron chi connectivity index (χ4n) is 7.33. The number of likely N-dealkylation sites (N-methyl/N-ethyl adjacent to an activating group) is 1. The molecule has 384 valence electrons. The summed E-state index contributed by atoms with van der Waals surface area (Å²) in [4.78, 5) is 25.2. The molecule has 0 aromatic carbocycles. The number of carbonyl (C=O) groups is 1. The Morgan fingerprint density at radius 1 is 0.485 bits per heavy atom. The lowest BCUT2D eigenvalue weighted by Crippen LogP contribution is -2.37. The molecule has 0 aliphatic carbocycles. The molecular formula is C57H104NO7P. The van der Waals surface area contributed by atoms with Crippen molar-refractivity contribution in [2.24, 2.45) is 0 Å². The molecule has 0 amide bonds. The molecule has 0 aliphatic heterocycles. The van der Waals surface area contributed by atoms with Crippen molar-refractivity contribution in [1.29, 1.82) is 0 Å². The van der Waals surface area contributed by atoms with Gasteiger partial charge in [-0.15, -0.1) is 0 Å². The lowest BCUT2D eigenvalue weighted by Gasteiger charge is -2.28. The zero-order valence-electron chi connectivity index (χ0n) is 43.6. The first-order valence-electron chi connectivity index (χ1n) is 27.2. The standard InChI is InChI=1S/C57H104NO7P/c1-6-8-10-12-14-16-18-20-22-24-26-27-28-29-30-31-32-34-36-38-40-42-44-46-48-50-57(59)65-56(55-64-66(60,61)63-53-51-58(3,4)5)54-62-52-49-47-45-43-41-39-37-35-33-25-23-21-19-17-15-13-11-9-7-2/h8,10,14,16,20,22-23,25-27,29-30,56H,6-7,9,11-13,15,17-19,21,24,28,31-55H2,1-5H3/b10-8-,16-14-,22-20-,25-23-,27-26-,30-29-. The number of hydrogen-bond donors (Lipinski definition) is 0. The molecule has 0 N–H and O–H groups in total. The number of rotatable bonds is 50. The molecule has 2 unspecified atom stereocenters. The molecule has 66 heavy (non-hydrogen) atoms. The van der Waals surface area contributed by atoms with E-state index in [2.05, 4.69) is 86.8 Å². The Balaban J connectivity index is 4.14.